The molecule has 0 aliphatic heterocycles. The van der Waals surface area contributed by atoms with Gasteiger partial charge in [-0.1, -0.05) is 19.1 Å². The smallest absolute Gasteiger partial charge is 0.341 e. The van der Waals surface area contributed by atoms with Crippen molar-refractivity contribution in [2.24, 2.45) is 0 Å². The van der Waals surface area contributed by atoms with Gasteiger partial charge in [0.1, 0.15) is 11.5 Å². The van der Waals surface area contributed by atoms with Gasteiger partial charge in [0, 0.05) is 6.42 Å². The third-order valence-corrected chi connectivity index (χ3v) is 3.19. The number of rotatable bonds is 8. The number of aryl methyl sites for hydroxylation is 3. The average Bonchev–Trinajstić information content (AvgIpc) is 2.93. The van der Waals surface area contributed by atoms with Gasteiger partial charge < -0.3 is 14.3 Å². The van der Waals surface area contributed by atoms with E-state index in [1.54, 1.807) is 6.07 Å². The molecule has 0 radical (unpaired) electrons. The van der Waals surface area contributed by atoms with Crippen LogP contribution in [0.4, 0.5) is 0 Å². The van der Waals surface area contributed by atoms with Crippen molar-refractivity contribution < 1.29 is 19.1 Å². The van der Waals surface area contributed by atoms with Crippen molar-refractivity contribution in [3.8, 4) is 5.75 Å². The maximum atomic E-state index is 10.5. The molecule has 0 aliphatic carbocycles. The first-order valence-electron chi connectivity index (χ1n) is 7.03. The standard InChI is InChI=1S/C16H19NO4/c1-2-15-14(17-11-21-15)8-4-6-12-5-3-7-13(9-12)20-10-16(18)19/h3,5,7,9,11H,2,4,6,8,10H2,1H3,(H,18,19). The van der Waals surface area contributed by atoms with Gasteiger partial charge in [-0.05, 0) is 37.0 Å². The van der Waals surface area contributed by atoms with Crippen LogP contribution in [0, 0.1) is 0 Å². The highest BCUT2D eigenvalue weighted by Gasteiger charge is 2.06. The minimum absolute atomic E-state index is 0.317. The summed E-state index contributed by atoms with van der Waals surface area (Å²) in [4.78, 5) is 14.7. The molecule has 5 heteroatoms. The van der Waals surface area contributed by atoms with E-state index in [0.717, 1.165) is 42.7 Å². The summed E-state index contributed by atoms with van der Waals surface area (Å²) >= 11 is 0. The van der Waals surface area contributed by atoms with E-state index in [1.165, 1.54) is 6.39 Å². The molecule has 0 aliphatic rings. The Hall–Kier alpha value is -2.30. The van der Waals surface area contributed by atoms with Gasteiger partial charge in [0.2, 0.25) is 0 Å². The number of aliphatic carboxylic acids is 1. The predicted molar refractivity (Wildman–Crippen MR) is 77.5 cm³/mol. The summed E-state index contributed by atoms with van der Waals surface area (Å²) in [7, 11) is 0. The Labute approximate surface area is 123 Å². The molecule has 0 bridgehead atoms. The second kappa shape index (κ2) is 7.47. The Morgan fingerprint density at radius 2 is 2.24 bits per heavy atom. The van der Waals surface area contributed by atoms with Crippen LogP contribution in [-0.2, 0) is 24.1 Å². The van der Waals surface area contributed by atoms with E-state index in [4.69, 9.17) is 14.3 Å². The van der Waals surface area contributed by atoms with Crippen LogP contribution in [0.25, 0.3) is 0 Å². The van der Waals surface area contributed by atoms with E-state index in [-0.39, 0.29) is 6.61 Å². The number of oxazole rings is 1. The molecule has 2 aromatic rings. The lowest BCUT2D eigenvalue weighted by Gasteiger charge is -2.06. The molecule has 0 fully saturated rings. The SMILES string of the molecule is CCc1ocnc1CCCc1cccc(OCC(=O)O)c1. The van der Waals surface area contributed by atoms with Gasteiger partial charge >= 0.3 is 5.97 Å². The highest BCUT2D eigenvalue weighted by molar-refractivity contribution is 5.68. The summed E-state index contributed by atoms with van der Waals surface area (Å²) in [5, 5.41) is 8.60. The molecule has 5 nitrogen and oxygen atoms in total. The lowest BCUT2D eigenvalue weighted by atomic mass is 10.1. The molecule has 0 unspecified atom stereocenters. The number of carboxylic acids is 1. The van der Waals surface area contributed by atoms with Gasteiger partial charge in [0.25, 0.3) is 0 Å². The quantitative estimate of drug-likeness (QED) is 0.809. The first kappa shape index (κ1) is 15.1. The fourth-order valence-corrected chi connectivity index (χ4v) is 2.18. The topological polar surface area (TPSA) is 72.6 Å². The number of hydrogen-bond donors (Lipinski definition) is 1. The Balaban J connectivity index is 1.85. The molecule has 112 valence electrons. The molecular formula is C16H19NO4. The van der Waals surface area contributed by atoms with E-state index < -0.39 is 5.97 Å². The Morgan fingerprint density at radius 1 is 1.38 bits per heavy atom. The van der Waals surface area contributed by atoms with E-state index >= 15 is 0 Å². The number of hydrogen-bond acceptors (Lipinski definition) is 4. The molecule has 1 aromatic carbocycles. The van der Waals surface area contributed by atoms with Crippen molar-refractivity contribution in [3.63, 3.8) is 0 Å². The third-order valence-electron chi connectivity index (χ3n) is 3.19. The van der Waals surface area contributed by atoms with Crippen LogP contribution in [0.1, 0.15) is 30.4 Å². The van der Waals surface area contributed by atoms with E-state index in [9.17, 15) is 4.79 Å². The largest absolute Gasteiger partial charge is 0.482 e. The third kappa shape index (κ3) is 4.63. The van der Waals surface area contributed by atoms with Crippen molar-refractivity contribution in [3.05, 3.63) is 47.7 Å². The summed E-state index contributed by atoms with van der Waals surface area (Å²) in [6.45, 7) is 1.73. The molecule has 0 saturated heterocycles. The van der Waals surface area contributed by atoms with Crippen molar-refractivity contribution in [2.75, 3.05) is 6.61 Å². The van der Waals surface area contributed by atoms with Crippen molar-refractivity contribution in [2.45, 2.75) is 32.6 Å². The maximum absolute atomic E-state index is 10.5. The summed E-state index contributed by atoms with van der Waals surface area (Å²) in [5.74, 6) is 0.567. The second-order valence-corrected chi connectivity index (χ2v) is 4.76. The molecule has 1 aromatic heterocycles. The Morgan fingerprint density at radius 3 is 3.00 bits per heavy atom. The molecule has 21 heavy (non-hydrogen) atoms. The number of benzene rings is 1. The Bertz CT molecular complexity index is 591. The fourth-order valence-electron chi connectivity index (χ4n) is 2.18. The Kier molecular flexibility index (Phi) is 5.37. The second-order valence-electron chi connectivity index (χ2n) is 4.76. The summed E-state index contributed by atoms with van der Waals surface area (Å²) in [6.07, 6.45) is 5.07. The molecule has 1 heterocycles. The minimum atomic E-state index is -0.974. The fraction of sp³-hybridized carbons (Fsp3) is 0.375. The van der Waals surface area contributed by atoms with Gasteiger partial charge in [0.05, 0.1) is 5.69 Å². The van der Waals surface area contributed by atoms with Crippen LogP contribution in [0.15, 0.2) is 35.1 Å². The monoisotopic (exact) mass is 289 g/mol. The van der Waals surface area contributed by atoms with Crippen LogP contribution in [0.2, 0.25) is 0 Å². The lowest BCUT2D eigenvalue weighted by Crippen LogP contribution is -2.09. The first-order chi connectivity index (χ1) is 10.2. The summed E-state index contributed by atoms with van der Waals surface area (Å²) in [5.41, 5.74) is 2.15. The van der Waals surface area contributed by atoms with E-state index in [0.29, 0.717) is 5.75 Å². The summed E-state index contributed by atoms with van der Waals surface area (Å²) in [6, 6.07) is 7.53. The molecule has 2 rings (SSSR count). The van der Waals surface area contributed by atoms with Gasteiger partial charge in [-0.25, -0.2) is 9.78 Å². The van der Waals surface area contributed by atoms with Crippen LogP contribution < -0.4 is 4.74 Å². The number of carbonyl (C=O) groups is 1. The van der Waals surface area contributed by atoms with Crippen molar-refractivity contribution in [1.29, 1.82) is 0 Å². The first-order valence-corrected chi connectivity index (χ1v) is 7.03. The molecule has 0 saturated carbocycles. The van der Waals surface area contributed by atoms with Crippen molar-refractivity contribution in [1.82, 2.24) is 4.98 Å². The number of carboxylic acid groups (broad SMARTS) is 1. The average molecular weight is 289 g/mol. The zero-order chi connectivity index (χ0) is 15.1. The minimum Gasteiger partial charge on any atom is -0.482 e. The van der Waals surface area contributed by atoms with E-state index in [2.05, 4.69) is 4.98 Å². The predicted octanol–water partition coefficient (Wildman–Crippen LogP) is 2.88. The molecule has 1 N–H and O–H groups in total. The molecular weight excluding hydrogens is 270 g/mol. The molecule has 0 amide bonds. The molecule has 0 spiro atoms. The van der Waals surface area contributed by atoms with Crippen LogP contribution in [-0.4, -0.2) is 22.7 Å². The van der Waals surface area contributed by atoms with Gasteiger partial charge in [-0.15, -0.1) is 0 Å². The lowest BCUT2D eigenvalue weighted by molar-refractivity contribution is -0.139. The van der Waals surface area contributed by atoms with Gasteiger partial charge in [0.15, 0.2) is 13.0 Å². The van der Waals surface area contributed by atoms with Crippen LogP contribution in [0.5, 0.6) is 5.75 Å². The van der Waals surface area contributed by atoms with Gasteiger partial charge in [-0.2, -0.15) is 0 Å². The zero-order valence-corrected chi connectivity index (χ0v) is 12.0. The molecule has 0 atom stereocenters. The number of ether oxygens (including phenoxy) is 1. The van der Waals surface area contributed by atoms with Gasteiger partial charge in [-0.3, -0.25) is 0 Å². The zero-order valence-electron chi connectivity index (χ0n) is 12.0. The van der Waals surface area contributed by atoms with Crippen LogP contribution in [0.3, 0.4) is 0 Å². The van der Waals surface area contributed by atoms with Crippen LogP contribution >= 0.6 is 0 Å². The number of aromatic nitrogens is 1. The highest BCUT2D eigenvalue weighted by atomic mass is 16.5. The maximum Gasteiger partial charge on any atom is 0.341 e. The van der Waals surface area contributed by atoms with Crippen molar-refractivity contribution >= 4 is 5.97 Å². The van der Waals surface area contributed by atoms with E-state index in [1.807, 2.05) is 25.1 Å². The normalized spacial score (nSPS) is 10.5. The summed E-state index contributed by atoms with van der Waals surface area (Å²) < 4.78 is 10.5. The number of nitrogens with zero attached hydrogens (tertiary/aromatic N) is 1. The highest BCUT2D eigenvalue weighted by Crippen LogP contribution is 2.16.